The molecule has 0 aliphatic carbocycles. The molecule has 0 atom stereocenters. The van der Waals surface area contributed by atoms with E-state index in [-0.39, 0.29) is 11.5 Å². The topological polar surface area (TPSA) is 82.2 Å². The third kappa shape index (κ3) is 4.51. The van der Waals surface area contributed by atoms with Gasteiger partial charge in [0.05, 0.1) is 0 Å². The summed E-state index contributed by atoms with van der Waals surface area (Å²) in [7, 11) is 0. The molecule has 1 N–H and O–H groups in total. The number of aromatic nitrogens is 1. The van der Waals surface area contributed by atoms with E-state index in [2.05, 4.69) is 34.7 Å². The molecule has 0 bridgehead atoms. The van der Waals surface area contributed by atoms with Crippen molar-refractivity contribution in [2.24, 2.45) is 5.92 Å². The van der Waals surface area contributed by atoms with Crippen LogP contribution >= 0.6 is 0 Å². The Morgan fingerprint density at radius 3 is 2.73 bits per heavy atom. The molecule has 0 radical (unpaired) electrons. The van der Waals surface area contributed by atoms with Gasteiger partial charge >= 0.3 is 0 Å². The number of amides is 1. The van der Waals surface area contributed by atoms with Gasteiger partial charge in [-0.1, -0.05) is 35.5 Å². The molecule has 1 saturated heterocycles. The van der Waals surface area contributed by atoms with Gasteiger partial charge in [-0.2, -0.15) is 5.26 Å². The molecule has 2 aromatic rings. The van der Waals surface area contributed by atoms with Crippen LogP contribution in [0.5, 0.6) is 0 Å². The van der Waals surface area contributed by atoms with Gasteiger partial charge < -0.3 is 14.7 Å². The van der Waals surface area contributed by atoms with E-state index >= 15 is 0 Å². The molecule has 0 spiro atoms. The standard InChI is InChI=1S/C20H22N4O2/c1-15-11-19(23-26-15)22-14-18(13-21)20(25)24-9-7-17(8-10-24)12-16-5-3-2-4-6-16/h2-6,11,14,17H,7-10,12H2,1H3,(H,22,23)/b18-14-. The van der Waals surface area contributed by atoms with Gasteiger partial charge in [-0.05, 0) is 37.7 Å². The van der Waals surface area contributed by atoms with Crippen molar-refractivity contribution in [3.8, 4) is 6.07 Å². The van der Waals surface area contributed by atoms with E-state index in [4.69, 9.17) is 4.52 Å². The number of nitrogens with zero attached hydrogens (tertiary/aromatic N) is 3. The molecule has 1 fully saturated rings. The summed E-state index contributed by atoms with van der Waals surface area (Å²) in [5.74, 6) is 1.47. The van der Waals surface area contributed by atoms with Crippen LogP contribution in [-0.4, -0.2) is 29.1 Å². The van der Waals surface area contributed by atoms with Crippen LogP contribution in [0.1, 0.15) is 24.2 Å². The summed E-state index contributed by atoms with van der Waals surface area (Å²) < 4.78 is 4.95. The molecular formula is C20H22N4O2. The lowest BCUT2D eigenvalue weighted by Crippen LogP contribution is -2.39. The molecule has 26 heavy (non-hydrogen) atoms. The fourth-order valence-corrected chi connectivity index (χ4v) is 3.18. The third-order valence-corrected chi connectivity index (χ3v) is 4.61. The van der Waals surface area contributed by atoms with Gasteiger partial charge in [0.15, 0.2) is 5.82 Å². The number of benzene rings is 1. The number of hydrogen-bond acceptors (Lipinski definition) is 5. The number of hydrogen-bond donors (Lipinski definition) is 1. The molecule has 2 heterocycles. The van der Waals surface area contributed by atoms with Crippen molar-refractivity contribution in [3.63, 3.8) is 0 Å². The predicted octanol–water partition coefficient (Wildman–Crippen LogP) is 3.28. The van der Waals surface area contributed by atoms with E-state index in [0.29, 0.717) is 30.6 Å². The van der Waals surface area contributed by atoms with Crippen molar-refractivity contribution in [2.45, 2.75) is 26.2 Å². The Morgan fingerprint density at radius 1 is 1.38 bits per heavy atom. The maximum Gasteiger partial charge on any atom is 0.266 e. The maximum absolute atomic E-state index is 12.6. The summed E-state index contributed by atoms with van der Waals surface area (Å²) in [6, 6.07) is 14.1. The molecule has 1 aliphatic heterocycles. The average molecular weight is 350 g/mol. The number of piperidine rings is 1. The molecular weight excluding hydrogens is 328 g/mol. The highest BCUT2D eigenvalue weighted by atomic mass is 16.5. The van der Waals surface area contributed by atoms with Gasteiger partial charge in [0.25, 0.3) is 5.91 Å². The smallest absolute Gasteiger partial charge is 0.266 e. The molecule has 3 rings (SSSR count). The number of nitriles is 1. The normalized spacial score (nSPS) is 15.5. The van der Waals surface area contributed by atoms with Crippen LogP contribution in [0.3, 0.4) is 0 Å². The summed E-state index contributed by atoms with van der Waals surface area (Å²) in [6.07, 6.45) is 4.34. The summed E-state index contributed by atoms with van der Waals surface area (Å²) in [5.41, 5.74) is 1.41. The van der Waals surface area contributed by atoms with E-state index < -0.39 is 0 Å². The van der Waals surface area contributed by atoms with E-state index in [1.54, 1.807) is 17.9 Å². The number of anilines is 1. The fourth-order valence-electron chi connectivity index (χ4n) is 3.18. The quantitative estimate of drug-likeness (QED) is 0.661. The highest BCUT2D eigenvalue weighted by Crippen LogP contribution is 2.22. The van der Waals surface area contributed by atoms with Gasteiger partial charge in [0.2, 0.25) is 0 Å². The SMILES string of the molecule is Cc1cc(N/C=C(/C#N)C(=O)N2CCC(Cc3ccccc3)CC2)no1. The highest BCUT2D eigenvalue weighted by molar-refractivity contribution is 5.97. The second-order valence-electron chi connectivity index (χ2n) is 6.56. The van der Waals surface area contributed by atoms with E-state index in [9.17, 15) is 10.1 Å². The van der Waals surface area contributed by atoms with Crippen molar-refractivity contribution < 1.29 is 9.32 Å². The van der Waals surface area contributed by atoms with E-state index in [0.717, 1.165) is 19.3 Å². The summed E-state index contributed by atoms with van der Waals surface area (Å²) in [6.45, 7) is 3.13. The van der Waals surface area contributed by atoms with Crippen LogP contribution in [0.25, 0.3) is 0 Å². The fraction of sp³-hybridized carbons (Fsp3) is 0.350. The van der Waals surface area contributed by atoms with Crippen molar-refractivity contribution in [2.75, 3.05) is 18.4 Å². The maximum atomic E-state index is 12.6. The van der Waals surface area contributed by atoms with Crippen LogP contribution in [0.4, 0.5) is 5.82 Å². The first kappa shape index (κ1) is 17.7. The molecule has 6 nitrogen and oxygen atoms in total. The number of carbonyl (C=O) groups excluding carboxylic acids is 1. The molecule has 0 unspecified atom stereocenters. The Bertz CT molecular complexity index is 812. The second-order valence-corrected chi connectivity index (χ2v) is 6.56. The van der Waals surface area contributed by atoms with E-state index in [1.807, 2.05) is 12.1 Å². The van der Waals surface area contributed by atoms with Crippen LogP contribution < -0.4 is 5.32 Å². The first-order chi connectivity index (χ1) is 12.7. The van der Waals surface area contributed by atoms with Crippen LogP contribution in [0.15, 0.2) is 52.7 Å². The summed E-state index contributed by atoms with van der Waals surface area (Å²) >= 11 is 0. The lowest BCUT2D eigenvalue weighted by atomic mass is 9.90. The Kier molecular flexibility index (Phi) is 5.69. The van der Waals surface area contributed by atoms with Gasteiger partial charge in [-0.25, -0.2) is 0 Å². The number of aryl methyl sites for hydroxylation is 1. The third-order valence-electron chi connectivity index (χ3n) is 4.61. The minimum Gasteiger partial charge on any atom is -0.360 e. The Hall–Kier alpha value is -3.07. The summed E-state index contributed by atoms with van der Waals surface area (Å²) in [5, 5.41) is 15.9. The van der Waals surface area contributed by atoms with Gasteiger partial charge in [-0.15, -0.1) is 0 Å². The van der Waals surface area contributed by atoms with Gasteiger partial charge in [0, 0.05) is 25.4 Å². The van der Waals surface area contributed by atoms with Crippen LogP contribution in [0, 0.1) is 24.2 Å². The largest absolute Gasteiger partial charge is 0.360 e. The van der Waals surface area contributed by atoms with Crippen LogP contribution in [-0.2, 0) is 11.2 Å². The molecule has 1 aliphatic rings. The van der Waals surface area contributed by atoms with Gasteiger partial charge in [0.1, 0.15) is 17.4 Å². The number of rotatable bonds is 5. The van der Waals surface area contributed by atoms with Crippen molar-refractivity contribution >= 4 is 11.7 Å². The predicted molar refractivity (Wildman–Crippen MR) is 98.0 cm³/mol. The zero-order valence-electron chi connectivity index (χ0n) is 14.8. The first-order valence-corrected chi connectivity index (χ1v) is 8.79. The molecule has 0 saturated carbocycles. The second kappa shape index (κ2) is 8.34. The Balaban J connectivity index is 1.54. The van der Waals surface area contributed by atoms with Crippen molar-refractivity contribution in [3.05, 3.63) is 59.5 Å². The molecule has 1 amide bonds. The number of nitrogens with one attached hydrogen (secondary N) is 1. The molecule has 1 aromatic heterocycles. The number of likely N-dealkylation sites (tertiary alicyclic amines) is 1. The van der Waals surface area contributed by atoms with Crippen molar-refractivity contribution in [1.29, 1.82) is 5.26 Å². The zero-order chi connectivity index (χ0) is 18.4. The Labute approximate surface area is 153 Å². The number of carbonyl (C=O) groups is 1. The minimum atomic E-state index is -0.238. The van der Waals surface area contributed by atoms with E-state index in [1.165, 1.54) is 11.8 Å². The van der Waals surface area contributed by atoms with Gasteiger partial charge in [-0.3, -0.25) is 4.79 Å². The van der Waals surface area contributed by atoms with Crippen LogP contribution in [0.2, 0.25) is 0 Å². The minimum absolute atomic E-state index is 0.0761. The molecule has 6 heteroatoms. The monoisotopic (exact) mass is 350 g/mol. The summed E-state index contributed by atoms with van der Waals surface area (Å²) in [4.78, 5) is 14.3. The lowest BCUT2D eigenvalue weighted by molar-refractivity contribution is -0.128. The molecule has 1 aromatic carbocycles. The Morgan fingerprint density at radius 2 is 2.12 bits per heavy atom. The zero-order valence-corrected chi connectivity index (χ0v) is 14.8. The highest BCUT2D eigenvalue weighted by Gasteiger charge is 2.25. The first-order valence-electron chi connectivity index (χ1n) is 8.79. The lowest BCUT2D eigenvalue weighted by Gasteiger charge is -2.32. The van der Waals surface area contributed by atoms with Crippen molar-refractivity contribution in [1.82, 2.24) is 10.1 Å². The molecule has 134 valence electrons. The average Bonchev–Trinajstić information content (AvgIpc) is 3.09.